The Balaban J connectivity index is 1.65. The molecule has 5 heteroatoms. The molecule has 106 valence electrons. The molecule has 1 fully saturated rings. The lowest BCUT2D eigenvalue weighted by atomic mass is 10.1. The summed E-state index contributed by atoms with van der Waals surface area (Å²) < 4.78 is 0. The van der Waals surface area contributed by atoms with Crippen molar-refractivity contribution in [1.29, 1.82) is 0 Å². The van der Waals surface area contributed by atoms with Gasteiger partial charge in [-0.1, -0.05) is 0 Å². The van der Waals surface area contributed by atoms with E-state index in [1.807, 2.05) is 0 Å². The van der Waals surface area contributed by atoms with Crippen molar-refractivity contribution < 1.29 is 0 Å². The van der Waals surface area contributed by atoms with Crippen molar-refractivity contribution in [3.63, 3.8) is 0 Å². The zero-order valence-corrected chi connectivity index (χ0v) is 12.2. The van der Waals surface area contributed by atoms with E-state index in [1.165, 1.54) is 5.69 Å². The second-order valence-electron chi connectivity index (χ2n) is 5.53. The summed E-state index contributed by atoms with van der Waals surface area (Å²) in [5, 5.41) is 7.92. The Morgan fingerprint density at radius 3 is 2.25 bits per heavy atom. The quantitative estimate of drug-likeness (QED) is 0.847. The third kappa shape index (κ3) is 2.72. The molecule has 1 aromatic carbocycles. The van der Waals surface area contributed by atoms with Gasteiger partial charge in [0.2, 0.25) is 0 Å². The van der Waals surface area contributed by atoms with E-state index in [0.717, 1.165) is 37.6 Å². The molecule has 1 saturated heterocycles. The van der Waals surface area contributed by atoms with Gasteiger partial charge < -0.3 is 4.90 Å². The van der Waals surface area contributed by atoms with Crippen molar-refractivity contribution in [2.24, 2.45) is 15.2 Å². The van der Waals surface area contributed by atoms with E-state index in [-0.39, 0.29) is 0 Å². The number of nitrogens with zero attached hydrogens (tertiary/aromatic N) is 5. The predicted molar refractivity (Wildman–Crippen MR) is 81.6 cm³/mol. The van der Waals surface area contributed by atoms with Crippen molar-refractivity contribution in [3.8, 4) is 0 Å². The van der Waals surface area contributed by atoms with Gasteiger partial charge in [0.25, 0.3) is 0 Å². The summed E-state index contributed by atoms with van der Waals surface area (Å²) in [5.41, 5.74) is 2.34. The maximum absolute atomic E-state index is 4.24. The van der Waals surface area contributed by atoms with Gasteiger partial charge in [-0.15, -0.1) is 5.11 Å². The SMILES string of the molecule is CC(C)N1CCN(c2ccc(C3=NCN=N3)cc2)CC1. The van der Waals surface area contributed by atoms with Gasteiger partial charge >= 0.3 is 0 Å². The molecule has 0 amide bonds. The number of hydrogen-bond donors (Lipinski definition) is 0. The van der Waals surface area contributed by atoms with E-state index < -0.39 is 0 Å². The van der Waals surface area contributed by atoms with Crippen LogP contribution in [0, 0.1) is 0 Å². The Hall–Kier alpha value is -1.75. The highest BCUT2D eigenvalue weighted by atomic mass is 15.3. The normalized spacial score (nSPS) is 19.8. The molecule has 2 aliphatic heterocycles. The third-order valence-corrected chi connectivity index (χ3v) is 3.98. The minimum atomic E-state index is 0.467. The van der Waals surface area contributed by atoms with Gasteiger partial charge in [0.1, 0.15) is 0 Å². The molecule has 0 N–H and O–H groups in total. The van der Waals surface area contributed by atoms with Crippen LogP contribution in [0.4, 0.5) is 5.69 Å². The molecular weight excluding hydrogens is 250 g/mol. The van der Waals surface area contributed by atoms with Gasteiger partial charge in [-0.05, 0) is 38.1 Å². The zero-order valence-electron chi connectivity index (χ0n) is 12.2. The predicted octanol–water partition coefficient (Wildman–Crippen LogP) is 2.39. The van der Waals surface area contributed by atoms with Crippen molar-refractivity contribution in [3.05, 3.63) is 29.8 Å². The van der Waals surface area contributed by atoms with Crippen LogP contribution in [-0.4, -0.2) is 49.6 Å². The van der Waals surface area contributed by atoms with Crippen LogP contribution in [0.5, 0.6) is 0 Å². The first-order valence-corrected chi connectivity index (χ1v) is 7.25. The Labute approximate surface area is 120 Å². The number of azo groups is 1. The van der Waals surface area contributed by atoms with Gasteiger partial charge in [-0.2, -0.15) is 5.11 Å². The summed E-state index contributed by atoms with van der Waals surface area (Å²) in [6.07, 6.45) is 0. The van der Waals surface area contributed by atoms with Crippen LogP contribution in [0.25, 0.3) is 0 Å². The molecule has 3 rings (SSSR count). The molecule has 0 atom stereocenters. The Morgan fingerprint density at radius 1 is 1.00 bits per heavy atom. The van der Waals surface area contributed by atoms with E-state index in [2.05, 4.69) is 63.1 Å². The highest BCUT2D eigenvalue weighted by Gasteiger charge is 2.19. The standard InChI is InChI=1S/C15H21N5/c1-12(2)19-7-9-20(10-8-19)14-5-3-13(4-6-14)15-16-11-17-18-15/h3-6,12H,7-11H2,1-2H3. The molecule has 2 aliphatic rings. The maximum atomic E-state index is 4.24. The van der Waals surface area contributed by atoms with E-state index >= 15 is 0 Å². The van der Waals surface area contributed by atoms with E-state index in [0.29, 0.717) is 12.7 Å². The first-order chi connectivity index (χ1) is 9.74. The van der Waals surface area contributed by atoms with E-state index in [9.17, 15) is 0 Å². The maximum Gasteiger partial charge on any atom is 0.178 e. The van der Waals surface area contributed by atoms with Crippen LogP contribution < -0.4 is 4.90 Å². The molecule has 0 saturated carbocycles. The van der Waals surface area contributed by atoms with Crippen molar-refractivity contribution in [2.75, 3.05) is 37.7 Å². The van der Waals surface area contributed by atoms with Gasteiger partial charge in [0, 0.05) is 43.5 Å². The Kier molecular flexibility index (Phi) is 3.78. The van der Waals surface area contributed by atoms with Gasteiger partial charge in [-0.3, -0.25) is 4.90 Å². The lowest BCUT2D eigenvalue weighted by Crippen LogP contribution is -2.48. The average Bonchev–Trinajstić information content (AvgIpc) is 3.02. The molecule has 0 spiro atoms. The summed E-state index contributed by atoms with van der Waals surface area (Å²) in [5.74, 6) is 0.751. The molecular formula is C15H21N5. The number of rotatable bonds is 3. The number of amidine groups is 1. The van der Waals surface area contributed by atoms with Crippen LogP contribution >= 0.6 is 0 Å². The fourth-order valence-electron chi connectivity index (χ4n) is 2.70. The highest BCUT2D eigenvalue weighted by molar-refractivity contribution is 5.99. The van der Waals surface area contributed by atoms with Crippen LogP contribution in [-0.2, 0) is 0 Å². The molecule has 5 nitrogen and oxygen atoms in total. The lowest BCUT2D eigenvalue weighted by molar-refractivity contribution is 0.209. The summed E-state index contributed by atoms with van der Waals surface area (Å²) in [6.45, 7) is 9.47. The van der Waals surface area contributed by atoms with E-state index in [1.54, 1.807) is 0 Å². The summed E-state index contributed by atoms with van der Waals surface area (Å²) in [7, 11) is 0. The van der Waals surface area contributed by atoms with Gasteiger partial charge in [-0.25, -0.2) is 4.99 Å². The van der Waals surface area contributed by atoms with Gasteiger partial charge in [0.15, 0.2) is 12.5 Å². The molecule has 20 heavy (non-hydrogen) atoms. The first-order valence-electron chi connectivity index (χ1n) is 7.25. The second-order valence-corrected chi connectivity index (χ2v) is 5.53. The summed E-state index contributed by atoms with van der Waals surface area (Å²) in [4.78, 5) is 9.21. The van der Waals surface area contributed by atoms with E-state index in [4.69, 9.17) is 0 Å². The molecule has 2 heterocycles. The summed E-state index contributed by atoms with van der Waals surface area (Å²) >= 11 is 0. The number of hydrogen-bond acceptors (Lipinski definition) is 5. The smallest absolute Gasteiger partial charge is 0.178 e. The van der Waals surface area contributed by atoms with Crippen LogP contribution in [0.15, 0.2) is 39.5 Å². The largest absolute Gasteiger partial charge is 0.369 e. The minimum Gasteiger partial charge on any atom is -0.369 e. The van der Waals surface area contributed by atoms with Crippen molar-refractivity contribution in [1.82, 2.24) is 4.90 Å². The molecule has 0 unspecified atom stereocenters. The first kappa shape index (κ1) is 13.2. The molecule has 0 bridgehead atoms. The Bertz CT molecular complexity index is 510. The fraction of sp³-hybridized carbons (Fsp3) is 0.533. The average molecular weight is 271 g/mol. The van der Waals surface area contributed by atoms with Crippen LogP contribution in [0.1, 0.15) is 19.4 Å². The number of piperazine rings is 1. The van der Waals surface area contributed by atoms with Crippen molar-refractivity contribution >= 4 is 11.5 Å². The lowest BCUT2D eigenvalue weighted by Gasteiger charge is -2.38. The molecule has 0 aliphatic carbocycles. The second kappa shape index (κ2) is 5.71. The monoisotopic (exact) mass is 271 g/mol. The molecule has 1 aromatic rings. The summed E-state index contributed by atoms with van der Waals surface area (Å²) in [6, 6.07) is 9.15. The minimum absolute atomic E-state index is 0.467. The topological polar surface area (TPSA) is 43.6 Å². The number of aliphatic imine (C=N–C) groups is 1. The Morgan fingerprint density at radius 2 is 1.70 bits per heavy atom. The van der Waals surface area contributed by atoms with Gasteiger partial charge in [0.05, 0.1) is 0 Å². The molecule has 0 radical (unpaired) electrons. The zero-order chi connectivity index (χ0) is 13.9. The van der Waals surface area contributed by atoms with Crippen LogP contribution in [0.2, 0.25) is 0 Å². The van der Waals surface area contributed by atoms with Crippen LogP contribution in [0.3, 0.4) is 0 Å². The van der Waals surface area contributed by atoms with Crippen molar-refractivity contribution in [2.45, 2.75) is 19.9 Å². The molecule has 0 aromatic heterocycles. The fourth-order valence-corrected chi connectivity index (χ4v) is 2.70. The number of anilines is 1. The highest BCUT2D eigenvalue weighted by Crippen LogP contribution is 2.19. The number of benzene rings is 1. The third-order valence-electron chi connectivity index (χ3n) is 3.98.